The average Bonchev–Trinajstić information content (AvgIpc) is 2.97. The molecule has 1 amide bonds. The van der Waals surface area contributed by atoms with Gasteiger partial charge in [-0.2, -0.15) is 0 Å². The Labute approximate surface area is 146 Å². The number of nitrogens with one attached hydrogen (secondary N) is 1. The molecule has 0 aliphatic heterocycles. The highest BCUT2D eigenvalue weighted by molar-refractivity contribution is 7.09. The van der Waals surface area contributed by atoms with Crippen molar-refractivity contribution >= 4 is 28.9 Å². The van der Waals surface area contributed by atoms with Crippen LogP contribution in [0.5, 0.6) is 0 Å². The van der Waals surface area contributed by atoms with Gasteiger partial charge in [0.05, 0.1) is 29.3 Å². The molecule has 0 unspecified atom stereocenters. The number of carbonyl (C=O) groups is 2. The number of aryl methyl sites for hydroxylation is 1. The summed E-state index contributed by atoms with van der Waals surface area (Å²) >= 11 is 1.52. The van der Waals surface area contributed by atoms with Gasteiger partial charge in [-0.3, -0.25) is 4.79 Å². The second-order valence-corrected chi connectivity index (χ2v) is 6.57. The molecule has 1 aromatic carbocycles. The summed E-state index contributed by atoms with van der Waals surface area (Å²) in [5.74, 6) is -0.461. The molecule has 2 aromatic rings. The van der Waals surface area contributed by atoms with Crippen LogP contribution in [0.2, 0.25) is 0 Å². The van der Waals surface area contributed by atoms with Crippen molar-refractivity contribution in [1.82, 2.24) is 4.98 Å². The normalized spacial score (nSPS) is 10.4. The van der Waals surface area contributed by atoms with Gasteiger partial charge in [-0.05, 0) is 37.6 Å². The first-order valence-corrected chi connectivity index (χ1v) is 8.94. The van der Waals surface area contributed by atoms with Crippen LogP contribution in [-0.2, 0) is 16.0 Å². The Hall–Kier alpha value is -2.21. The first-order chi connectivity index (χ1) is 11.6. The van der Waals surface area contributed by atoms with Crippen LogP contribution >= 0.6 is 11.3 Å². The molecule has 0 radical (unpaired) electrons. The smallest absolute Gasteiger partial charge is 0.338 e. The van der Waals surface area contributed by atoms with E-state index < -0.39 is 0 Å². The molecule has 0 saturated carbocycles. The fourth-order valence-electron chi connectivity index (χ4n) is 2.15. The average molecular weight is 346 g/mol. The van der Waals surface area contributed by atoms with Crippen LogP contribution in [0.1, 0.15) is 47.2 Å². The molecule has 0 saturated heterocycles. The fourth-order valence-corrected chi connectivity index (χ4v) is 2.76. The van der Waals surface area contributed by atoms with Crippen LogP contribution in [-0.4, -0.2) is 23.5 Å². The highest BCUT2D eigenvalue weighted by Gasteiger charge is 2.09. The number of ether oxygens (including phenoxy) is 1. The Morgan fingerprint density at radius 3 is 2.58 bits per heavy atom. The van der Waals surface area contributed by atoms with Gasteiger partial charge in [-0.25, -0.2) is 9.78 Å². The summed E-state index contributed by atoms with van der Waals surface area (Å²) in [6, 6.07) is 6.72. The van der Waals surface area contributed by atoms with Gasteiger partial charge in [0, 0.05) is 11.1 Å². The van der Waals surface area contributed by atoms with Crippen LogP contribution in [0.4, 0.5) is 5.69 Å². The third kappa shape index (κ3) is 5.77. The largest absolute Gasteiger partial charge is 0.462 e. The van der Waals surface area contributed by atoms with Crippen LogP contribution in [0.15, 0.2) is 29.6 Å². The van der Waals surface area contributed by atoms with E-state index in [9.17, 15) is 9.59 Å². The molecule has 6 heteroatoms. The molecule has 0 aliphatic carbocycles. The maximum absolute atomic E-state index is 12.0. The van der Waals surface area contributed by atoms with Crippen LogP contribution in [0.25, 0.3) is 0 Å². The molecule has 0 spiro atoms. The van der Waals surface area contributed by atoms with Crippen LogP contribution in [0.3, 0.4) is 0 Å². The summed E-state index contributed by atoms with van der Waals surface area (Å²) in [6.45, 7) is 4.45. The standard InChI is InChI=1S/C18H22N2O3S/c1-3-4-5-10-23-18(22)14-6-8-15(9-7-14)20-17(21)11-16-12-24-13(2)19-16/h6-9,12H,3-5,10-11H2,1-2H3,(H,20,21). The van der Waals surface area contributed by atoms with Crippen molar-refractivity contribution in [2.75, 3.05) is 11.9 Å². The third-order valence-corrected chi connectivity index (χ3v) is 4.22. The highest BCUT2D eigenvalue weighted by atomic mass is 32.1. The lowest BCUT2D eigenvalue weighted by atomic mass is 10.2. The summed E-state index contributed by atoms with van der Waals surface area (Å²) in [7, 11) is 0. The van der Waals surface area contributed by atoms with E-state index in [1.54, 1.807) is 24.3 Å². The summed E-state index contributed by atoms with van der Waals surface area (Å²) in [5.41, 5.74) is 1.90. The Morgan fingerprint density at radius 1 is 1.21 bits per heavy atom. The molecule has 128 valence electrons. The van der Waals surface area contributed by atoms with Crippen LogP contribution in [0, 0.1) is 6.92 Å². The minimum atomic E-state index is -0.332. The van der Waals surface area contributed by atoms with Gasteiger partial charge in [0.25, 0.3) is 0 Å². The zero-order valence-corrected chi connectivity index (χ0v) is 14.8. The predicted molar refractivity (Wildman–Crippen MR) is 95.4 cm³/mol. The number of hydrogen-bond donors (Lipinski definition) is 1. The number of carbonyl (C=O) groups excluding carboxylic acids is 2. The highest BCUT2D eigenvalue weighted by Crippen LogP contribution is 2.13. The third-order valence-electron chi connectivity index (χ3n) is 3.39. The SMILES string of the molecule is CCCCCOC(=O)c1ccc(NC(=O)Cc2csc(C)n2)cc1. The predicted octanol–water partition coefficient (Wildman–Crippen LogP) is 3.98. The Morgan fingerprint density at radius 2 is 1.96 bits per heavy atom. The lowest BCUT2D eigenvalue weighted by molar-refractivity contribution is -0.115. The minimum absolute atomic E-state index is 0.129. The number of unbranched alkanes of at least 4 members (excludes halogenated alkanes) is 2. The number of thiazole rings is 1. The van der Waals surface area contributed by atoms with Crippen molar-refractivity contribution in [3.8, 4) is 0 Å². The van der Waals surface area contributed by atoms with Crippen molar-refractivity contribution in [2.24, 2.45) is 0 Å². The molecular formula is C18H22N2O3S. The van der Waals surface area contributed by atoms with Crippen molar-refractivity contribution in [2.45, 2.75) is 39.5 Å². The molecule has 1 aromatic heterocycles. The maximum Gasteiger partial charge on any atom is 0.338 e. The topological polar surface area (TPSA) is 68.3 Å². The van der Waals surface area contributed by atoms with Crippen molar-refractivity contribution in [3.63, 3.8) is 0 Å². The summed E-state index contributed by atoms with van der Waals surface area (Å²) in [4.78, 5) is 28.1. The molecule has 1 heterocycles. The number of anilines is 1. The van der Waals surface area contributed by atoms with Gasteiger partial charge in [-0.1, -0.05) is 19.8 Å². The molecule has 5 nitrogen and oxygen atoms in total. The summed E-state index contributed by atoms with van der Waals surface area (Å²) < 4.78 is 5.20. The van der Waals surface area contributed by atoms with E-state index in [0.717, 1.165) is 30.0 Å². The zero-order valence-electron chi connectivity index (χ0n) is 14.0. The van der Waals surface area contributed by atoms with Gasteiger partial charge in [-0.15, -0.1) is 11.3 Å². The number of amides is 1. The van der Waals surface area contributed by atoms with Gasteiger partial charge >= 0.3 is 5.97 Å². The molecule has 0 atom stereocenters. The van der Waals surface area contributed by atoms with Crippen molar-refractivity contribution in [1.29, 1.82) is 0 Å². The number of aromatic nitrogens is 1. The monoisotopic (exact) mass is 346 g/mol. The van der Waals surface area contributed by atoms with Crippen LogP contribution < -0.4 is 5.32 Å². The molecule has 2 rings (SSSR count). The summed E-state index contributed by atoms with van der Waals surface area (Å²) in [6.07, 6.45) is 3.27. The number of benzene rings is 1. The molecule has 0 aliphatic rings. The van der Waals surface area contributed by atoms with E-state index in [2.05, 4.69) is 17.2 Å². The Bertz CT molecular complexity index is 680. The van der Waals surface area contributed by atoms with E-state index in [4.69, 9.17) is 4.74 Å². The van der Waals surface area contributed by atoms with Gasteiger partial charge < -0.3 is 10.1 Å². The fraction of sp³-hybridized carbons (Fsp3) is 0.389. The quantitative estimate of drug-likeness (QED) is 0.580. The Balaban J connectivity index is 1.82. The maximum atomic E-state index is 12.0. The second-order valence-electron chi connectivity index (χ2n) is 5.50. The van der Waals surface area contributed by atoms with Gasteiger partial charge in [0.2, 0.25) is 5.91 Å². The zero-order chi connectivity index (χ0) is 17.4. The van der Waals surface area contributed by atoms with Gasteiger partial charge in [0.15, 0.2) is 0 Å². The van der Waals surface area contributed by atoms with Crippen molar-refractivity contribution in [3.05, 3.63) is 45.9 Å². The summed E-state index contributed by atoms with van der Waals surface area (Å²) in [5, 5.41) is 5.62. The Kier molecular flexibility index (Phi) is 6.93. The number of rotatable bonds is 8. The molecule has 24 heavy (non-hydrogen) atoms. The minimum Gasteiger partial charge on any atom is -0.462 e. The molecule has 0 bridgehead atoms. The number of nitrogens with zero attached hydrogens (tertiary/aromatic N) is 1. The van der Waals surface area contributed by atoms with E-state index in [1.807, 2.05) is 12.3 Å². The van der Waals surface area contributed by atoms with E-state index in [0.29, 0.717) is 17.9 Å². The first-order valence-electron chi connectivity index (χ1n) is 8.06. The first kappa shape index (κ1) is 18.1. The lowest BCUT2D eigenvalue weighted by Crippen LogP contribution is -2.14. The van der Waals surface area contributed by atoms with E-state index in [-0.39, 0.29) is 18.3 Å². The van der Waals surface area contributed by atoms with E-state index in [1.165, 1.54) is 11.3 Å². The van der Waals surface area contributed by atoms with Crippen molar-refractivity contribution < 1.29 is 14.3 Å². The molecule has 1 N–H and O–H groups in total. The number of hydrogen-bond acceptors (Lipinski definition) is 5. The lowest BCUT2D eigenvalue weighted by Gasteiger charge is -2.07. The van der Waals surface area contributed by atoms with Gasteiger partial charge in [0.1, 0.15) is 0 Å². The number of esters is 1. The second kappa shape index (κ2) is 9.17. The molecular weight excluding hydrogens is 324 g/mol. The van der Waals surface area contributed by atoms with E-state index >= 15 is 0 Å². The molecule has 0 fully saturated rings.